The van der Waals surface area contributed by atoms with Crippen molar-refractivity contribution in [3.05, 3.63) is 100 Å². The molecule has 3 aromatic carbocycles. The van der Waals surface area contributed by atoms with Crippen LogP contribution in [0.5, 0.6) is 0 Å². The SMILES string of the molecule is O=C(O)c1cn(C(=O)Nc2ccccc2-c2cccc(C(F)(F)F)c2)c2ccccc2c1=O. The molecule has 0 unspecified atom stereocenters. The fraction of sp³-hybridized carbons (Fsp3) is 0.0417. The molecule has 0 saturated heterocycles. The lowest BCUT2D eigenvalue weighted by molar-refractivity contribution is -0.137. The number of alkyl halides is 3. The molecule has 4 rings (SSSR count). The van der Waals surface area contributed by atoms with Crippen molar-refractivity contribution < 1.29 is 27.9 Å². The van der Waals surface area contributed by atoms with Crippen LogP contribution in [0, 0.1) is 0 Å². The van der Waals surface area contributed by atoms with Gasteiger partial charge in [-0.2, -0.15) is 13.2 Å². The van der Waals surface area contributed by atoms with Crippen molar-refractivity contribution in [3.8, 4) is 11.1 Å². The van der Waals surface area contributed by atoms with Crippen molar-refractivity contribution in [3.63, 3.8) is 0 Å². The number of carbonyl (C=O) groups excluding carboxylic acids is 1. The summed E-state index contributed by atoms with van der Waals surface area (Å²) in [4.78, 5) is 37.1. The van der Waals surface area contributed by atoms with Crippen LogP contribution in [-0.4, -0.2) is 21.7 Å². The molecule has 4 aromatic rings. The van der Waals surface area contributed by atoms with E-state index in [2.05, 4.69) is 5.32 Å². The molecular formula is C24H15F3N2O4. The molecule has 0 radical (unpaired) electrons. The molecule has 1 heterocycles. The van der Waals surface area contributed by atoms with Gasteiger partial charge in [-0.3, -0.25) is 9.36 Å². The Balaban J connectivity index is 1.79. The van der Waals surface area contributed by atoms with Crippen molar-refractivity contribution in [1.82, 2.24) is 4.57 Å². The molecule has 0 aliphatic heterocycles. The molecule has 9 heteroatoms. The molecule has 0 saturated carbocycles. The highest BCUT2D eigenvalue weighted by molar-refractivity contribution is 6.02. The fourth-order valence-corrected chi connectivity index (χ4v) is 3.48. The van der Waals surface area contributed by atoms with Gasteiger partial charge in [0.25, 0.3) is 0 Å². The average molecular weight is 452 g/mol. The number of benzene rings is 3. The van der Waals surface area contributed by atoms with Gasteiger partial charge >= 0.3 is 18.2 Å². The number of carboxylic acids is 1. The van der Waals surface area contributed by atoms with Gasteiger partial charge in [-0.25, -0.2) is 9.59 Å². The number of rotatable bonds is 3. The normalized spacial score (nSPS) is 11.4. The largest absolute Gasteiger partial charge is 0.477 e. The lowest BCUT2D eigenvalue weighted by Crippen LogP contribution is -2.25. The number of carboxylic acid groups (broad SMARTS) is 1. The summed E-state index contributed by atoms with van der Waals surface area (Å²) in [5.74, 6) is -1.49. The Labute approximate surface area is 184 Å². The first-order valence-corrected chi connectivity index (χ1v) is 9.62. The summed E-state index contributed by atoms with van der Waals surface area (Å²) in [7, 11) is 0. The lowest BCUT2D eigenvalue weighted by atomic mass is 10.0. The Hall–Kier alpha value is -4.40. The van der Waals surface area contributed by atoms with Crippen LogP contribution in [-0.2, 0) is 6.18 Å². The summed E-state index contributed by atoms with van der Waals surface area (Å²) in [5, 5.41) is 12.0. The number of para-hydroxylation sites is 2. The zero-order chi connectivity index (χ0) is 23.8. The zero-order valence-corrected chi connectivity index (χ0v) is 16.8. The van der Waals surface area contributed by atoms with E-state index >= 15 is 0 Å². The Morgan fingerprint density at radius 2 is 1.61 bits per heavy atom. The van der Waals surface area contributed by atoms with Crippen LogP contribution in [0.1, 0.15) is 15.9 Å². The third kappa shape index (κ3) is 4.20. The van der Waals surface area contributed by atoms with E-state index < -0.39 is 34.7 Å². The quantitative estimate of drug-likeness (QED) is 0.432. The van der Waals surface area contributed by atoms with Crippen LogP contribution in [0.25, 0.3) is 22.0 Å². The monoisotopic (exact) mass is 452 g/mol. The summed E-state index contributed by atoms with van der Waals surface area (Å²) in [5.41, 5.74) is -1.19. The van der Waals surface area contributed by atoms with E-state index in [0.29, 0.717) is 5.56 Å². The number of carbonyl (C=O) groups is 2. The van der Waals surface area contributed by atoms with Crippen molar-refractivity contribution in [2.24, 2.45) is 0 Å². The van der Waals surface area contributed by atoms with Crippen LogP contribution in [0.2, 0.25) is 0 Å². The van der Waals surface area contributed by atoms with Gasteiger partial charge in [0.15, 0.2) is 0 Å². The molecule has 1 aromatic heterocycles. The number of hydrogen-bond donors (Lipinski definition) is 2. The van der Waals surface area contributed by atoms with Gasteiger partial charge < -0.3 is 10.4 Å². The van der Waals surface area contributed by atoms with Crippen molar-refractivity contribution >= 4 is 28.6 Å². The average Bonchev–Trinajstić information content (AvgIpc) is 2.79. The Morgan fingerprint density at radius 1 is 0.909 bits per heavy atom. The van der Waals surface area contributed by atoms with E-state index in [1.54, 1.807) is 30.3 Å². The number of pyridine rings is 1. The number of amides is 1. The molecule has 0 bridgehead atoms. The minimum atomic E-state index is -4.53. The van der Waals surface area contributed by atoms with Gasteiger partial charge in [0.2, 0.25) is 5.43 Å². The number of hydrogen-bond acceptors (Lipinski definition) is 3. The molecule has 0 atom stereocenters. The van der Waals surface area contributed by atoms with E-state index in [4.69, 9.17) is 0 Å². The minimum absolute atomic E-state index is 0.0405. The van der Waals surface area contributed by atoms with Crippen LogP contribution < -0.4 is 10.7 Å². The van der Waals surface area contributed by atoms with Gasteiger partial charge in [-0.15, -0.1) is 0 Å². The summed E-state index contributed by atoms with van der Waals surface area (Å²) in [6.45, 7) is 0. The number of fused-ring (bicyclic) bond motifs is 1. The fourth-order valence-electron chi connectivity index (χ4n) is 3.48. The van der Waals surface area contributed by atoms with Gasteiger partial charge in [-0.05, 0) is 35.9 Å². The second-order valence-corrected chi connectivity index (χ2v) is 7.12. The maximum Gasteiger partial charge on any atom is 0.416 e. The van der Waals surface area contributed by atoms with Crippen molar-refractivity contribution in [2.45, 2.75) is 6.18 Å². The Kier molecular flexibility index (Phi) is 5.47. The van der Waals surface area contributed by atoms with Gasteiger partial charge in [-0.1, -0.05) is 42.5 Å². The predicted octanol–water partition coefficient (Wildman–Crippen LogP) is 5.47. The predicted molar refractivity (Wildman–Crippen MR) is 116 cm³/mol. The number of anilines is 1. The first kappa shape index (κ1) is 21.8. The van der Waals surface area contributed by atoms with Crippen LogP contribution >= 0.6 is 0 Å². The second kappa shape index (κ2) is 8.27. The van der Waals surface area contributed by atoms with E-state index in [-0.39, 0.29) is 22.2 Å². The molecule has 2 N–H and O–H groups in total. The third-order valence-electron chi connectivity index (χ3n) is 5.03. The first-order chi connectivity index (χ1) is 15.7. The number of aromatic carboxylic acids is 1. The van der Waals surface area contributed by atoms with Crippen LogP contribution in [0.4, 0.5) is 23.7 Å². The molecular weight excluding hydrogens is 437 g/mol. The van der Waals surface area contributed by atoms with Gasteiger partial charge in [0.05, 0.1) is 16.8 Å². The zero-order valence-electron chi connectivity index (χ0n) is 16.8. The third-order valence-corrected chi connectivity index (χ3v) is 5.03. The smallest absolute Gasteiger partial charge is 0.416 e. The molecule has 0 aliphatic rings. The standard InChI is InChI=1S/C24H15F3N2O4/c25-24(26,27)15-7-5-6-14(12-15)16-8-1-3-10-19(16)28-23(33)29-13-18(22(31)32)21(30)17-9-2-4-11-20(17)29/h1-13H,(H,28,33)(H,31,32). The molecule has 1 amide bonds. The van der Waals surface area contributed by atoms with E-state index in [0.717, 1.165) is 22.9 Å². The number of halogens is 3. The van der Waals surface area contributed by atoms with Crippen LogP contribution in [0.15, 0.2) is 83.8 Å². The van der Waals surface area contributed by atoms with Gasteiger partial charge in [0.1, 0.15) is 5.56 Å². The number of nitrogens with one attached hydrogen (secondary N) is 1. The van der Waals surface area contributed by atoms with Crippen molar-refractivity contribution in [1.29, 1.82) is 0 Å². The number of nitrogens with zero attached hydrogens (tertiary/aromatic N) is 1. The second-order valence-electron chi connectivity index (χ2n) is 7.12. The summed E-state index contributed by atoms with van der Waals surface area (Å²) < 4.78 is 40.4. The molecule has 166 valence electrons. The van der Waals surface area contributed by atoms with E-state index in [1.807, 2.05) is 0 Å². The summed E-state index contributed by atoms with van der Waals surface area (Å²) in [6.07, 6.45) is -3.61. The topological polar surface area (TPSA) is 88.4 Å². The molecule has 6 nitrogen and oxygen atoms in total. The van der Waals surface area contributed by atoms with Gasteiger partial charge in [0, 0.05) is 17.1 Å². The summed E-state index contributed by atoms with van der Waals surface area (Å²) >= 11 is 0. The first-order valence-electron chi connectivity index (χ1n) is 9.62. The van der Waals surface area contributed by atoms with Crippen LogP contribution in [0.3, 0.4) is 0 Å². The Morgan fingerprint density at radius 3 is 2.33 bits per heavy atom. The van der Waals surface area contributed by atoms with E-state index in [1.165, 1.54) is 30.3 Å². The molecule has 0 spiro atoms. The number of aromatic nitrogens is 1. The maximum atomic E-state index is 13.2. The van der Waals surface area contributed by atoms with Crippen molar-refractivity contribution in [2.75, 3.05) is 5.32 Å². The molecule has 33 heavy (non-hydrogen) atoms. The van der Waals surface area contributed by atoms with E-state index in [9.17, 15) is 32.7 Å². The molecule has 0 fully saturated rings. The molecule has 0 aliphatic carbocycles. The minimum Gasteiger partial charge on any atom is -0.477 e. The summed E-state index contributed by atoms with van der Waals surface area (Å²) in [6, 6.07) is 16.2. The highest BCUT2D eigenvalue weighted by Crippen LogP contribution is 2.34. The highest BCUT2D eigenvalue weighted by Gasteiger charge is 2.30. The highest BCUT2D eigenvalue weighted by atomic mass is 19.4. The Bertz CT molecular complexity index is 1460. The maximum absolute atomic E-state index is 13.2. The lowest BCUT2D eigenvalue weighted by Gasteiger charge is -2.15.